The quantitative estimate of drug-likeness (QED) is 0.842. The summed E-state index contributed by atoms with van der Waals surface area (Å²) >= 11 is 1.80. The SMILES string of the molecule is Cn1ccnc1CN1CCCSc2ccc(F)cc21. The second kappa shape index (κ2) is 5.25. The Bertz CT molecular complexity index is 582. The lowest BCUT2D eigenvalue weighted by molar-refractivity contribution is 0.623. The molecule has 100 valence electrons. The zero-order valence-corrected chi connectivity index (χ0v) is 11.7. The minimum Gasteiger partial charge on any atom is -0.363 e. The van der Waals surface area contributed by atoms with Crippen LogP contribution in [0.15, 0.2) is 35.5 Å². The molecule has 1 aromatic heterocycles. The highest BCUT2D eigenvalue weighted by atomic mass is 32.2. The van der Waals surface area contributed by atoms with Gasteiger partial charge >= 0.3 is 0 Å². The van der Waals surface area contributed by atoms with Crippen molar-refractivity contribution in [2.45, 2.75) is 17.9 Å². The lowest BCUT2D eigenvalue weighted by atomic mass is 10.2. The fourth-order valence-electron chi connectivity index (χ4n) is 2.30. The molecule has 5 heteroatoms. The van der Waals surface area contributed by atoms with Crippen LogP contribution in [0.5, 0.6) is 0 Å². The van der Waals surface area contributed by atoms with E-state index in [-0.39, 0.29) is 5.82 Å². The Hall–Kier alpha value is -1.49. The van der Waals surface area contributed by atoms with E-state index in [1.165, 1.54) is 6.07 Å². The topological polar surface area (TPSA) is 21.1 Å². The molecule has 0 N–H and O–H groups in total. The lowest BCUT2D eigenvalue weighted by Gasteiger charge is -2.24. The molecule has 0 unspecified atom stereocenters. The summed E-state index contributed by atoms with van der Waals surface area (Å²) < 4.78 is 15.5. The van der Waals surface area contributed by atoms with E-state index in [0.717, 1.165) is 41.7 Å². The summed E-state index contributed by atoms with van der Waals surface area (Å²) in [4.78, 5) is 7.74. The van der Waals surface area contributed by atoms with Crippen molar-refractivity contribution < 1.29 is 4.39 Å². The number of aryl methyl sites for hydroxylation is 1. The minimum absolute atomic E-state index is 0.175. The van der Waals surface area contributed by atoms with Crippen LogP contribution in [-0.4, -0.2) is 21.8 Å². The third-order valence-corrected chi connectivity index (χ3v) is 4.49. The molecule has 3 rings (SSSR count). The Morgan fingerprint density at radius 3 is 3.11 bits per heavy atom. The largest absolute Gasteiger partial charge is 0.363 e. The summed E-state index contributed by atoms with van der Waals surface area (Å²) in [6.07, 6.45) is 4.84. The summed E-state index contributed by atoms with van der Waals surface area (Å²) in [5.74, 6) is 1.91. The van der Waals surface area contributed by atoms with E-state index in [1.807, 2.05) is 23.9 Å². The molecule has 0 amide bonds. The van der Waals surface area contributed by atoms with Gasteiger partial charge in [-0.3, -0.25) is 0 Å². The van der Waals surface area contributed by atoms with Gasteiger partial charge in [-0.05, 0) is 30.4 Å². The average Bonchev–Trinajstić information content (AvgIpc) is 2.69. The van der Waals surface area contributed by atoms with Gasteiger partial charge in [-0.2, -0.15) is 0 Å². The van der Waals surface area contributed by atoms with Crippen LogP contribution < -0.4 is 4.90 Å². The van der Waals surface area contributed by atoms with E-state index in [4.69, 9.17) is 0 Å². The van der Waals surface area contributed by atoms with Gasteiger partial charge in [0.15, 0.2) is 0 Å². The van der Waals surface area contributed by atoms with Gasteiger partial charge in [0, 0.05) is 30.9 Å². The van der Waals surface area contributed by atoms with Crippen molar-refractivity contribution >= 4 is 17.4 Å². The Kier molecular flexibility index (Phi) is 3.46. The number of anilines is 1. The Balaban J connectivity index is 1.93. The van der Waals surface area contributed by atoms with E-state index in [1.54, 1.807) is 24.0 Å². The van der Waals surface area contributed by atoms with Crippen LogP contribution in [-0.2, 0) is 13.6 Å². The first-order valence-corrected chi connectivity index (χ1v) is 7.36. The molecule has 0 saturated heterocycles. The van der Waals surface area contributed by atoms with Crippen molar-refractivity contribution in [1.29, 1.82) is 0 Å². The Morgan fingerprint density at radius 2 is 2.32 bits per heavy atom. The highest BCUT2D eigenvalue weighted by Crippen LogP contribution is 2.34. The van der Waals surface area contributed by atoms with E-state index in [0.29, 0.717) is 0 Å². The molecule has 0 radical (unpaired) electrons. The van der Waals surface area contributed by atoms with Crippen molar-refractivity contribution in [3.05, 3.63) is 42.2 Å². The molecule has 0 bridgehead atoms. The van der Waals surface area contributed by atoms with Gasteiger partial charge in [0.05, 0.1) is 12.2 Å². The van der Waals surface area contributed by atoms with Gasteiger partial charge in [0.2, 0.25) is 0 Å². The molecule has 2 heterocycles. The van der Waals surface area contributed by atoms with Crippen LogP contribution in [0.3, 0.4) is 0 Å². The fraction of sp³-hybridized carbons (Fsp3) is 0.357. The summed E-state index contributed by atoms with van der Waals surface area (Å²) in [6, 6.07) is 5.05. The molecule has 0 fully saturated rings. The van der Waals surface area contributed by atoms with E-state index >= 15 is 0 Å². The smallest absolute Gasteiger partial charge is 0.127 e. The Morgan fingerprint density at radius 1 is 1.42 bits per heavy atom. The third kappa shape index (κ3) is 2.61. The summed E-state index contributed by atoms with van der Waals surface area (Å²) in [6.45, 7) is 1.66. The summed E-state index contributed by atoms with van der Waals surface area (Å²) in [5, 5.41) is 0. The highest BCUT2D eigenvalue weighted by Gasteiger charge is 2.18. The predicted octanol–water partition coefficient (Wildman–Crippen LogP) is 3.06. The number of halogens is 1. The molecule has 1 aliphatic rings. The van der Waals surface area contributed by atoms with Crippen LogP contribution in [0.4, 0.5) is 10.1 Å². The molecule has 0 spiro atoms. The second-order valence-electron chi connectivity index (χ2n) is 4.69. The fourth-order valence-corrected chi connectivity index (χ4v) is 3.29. The zero-order valence-electron chi connectivity index (χ0n) is 10.8. The molecule has 2 aromatic rings. The molecule has 0 aliphatic carbocycles. The van der Waals surface area contributed by atoms with Crippen LogP contribution >= 0.6 is 11.8 Å². The van der Waals surface area contributed by atoms with Gasteiger partial charge in [0.25, 0.3) is 0 Å². The number of hydrogen-bond acceptors (Lipinski definition) is 3. The summed E-state index contributed by atoms with van der Waals surface area (Å²) in [7, 11) is 1.99. The number of hydrogen-bond donors (Lipinski definition) is 0. The van der Waals surface area contributed by atoms with Gasteiger partial charge in [-0.1, -0.05) is 0 Å². The monoisotopic (exact) mass is 277 g/mol. The van der Waals surface area contributed by atoms with E-state index < -0.39 is 0 Å². The maximum atomic E-state index is 13.5. The van der Waals surface area contributed by atoms with Crippen LogP contribution in [0.2, 0.25) is 0 Å². The molecule has 0 saturated carbocycles. The van der Waals surface area contributed by atoms with Gasteiger partial charge in [0.1, 0.15) is 11.6 Å². The van der Waals surface area contributed by atoms with Crippen LogP contribution in [0.1, 0.15) is 12.2 Å². The van der Waals surface area contributed by atoms with Crippen molar-refractivity contribution in [3.63, 3.8) is 0 Å². The third-order valence-electron chi connectivity index (χ3n) is 3.34. The van der Waals surface area contributed by atoms with Gasteiger partial charge in [-0.15, -0.1) is 11.8 Å². The Labute approximate surface area is 116 Å². The molecule has 0 atom stereocenters. The second-order valence-corrected chi connectivity index (χ2v) is 5.83. The number of thioether (sulfide) groups is 1. The van der Waals surface area contributed by atoms with Gasteiger partial charge in [-0.25, -0.2) is 9.37 Å². The van der Waals surface area contributed by atoms with Crippen LogP contribution in [0.25, 0.3) is 0 Å². The van der Waals surface area contributed by atoms with Crippen LogP contribution in [0, 0.1) is 5.82 Å². The maximum absolute atomic E-state index is 13.5. The van der Waals surface area contributed by atoms with Crippen molar-refractivity contribution in [1.82, 2.24) is 9.55 Å². The first-order valence-electron chi connectivity index (χ1n) is 6.37. The number of nitrogens with zero attached hydrogens (tertiary/aromatic N) is 3. The predicted molar refractivity (Wildman–Crippen MR) is 76.0 cm³/mol. The molecule has 1 aliphatic heterocycles. The van der Waals surface area contributed by atoms with Gasteiger partial charge < -0.3 is 9.47 Å². The number of imidazole rings is 1. The molecule has 1 aromatic carbocycles. The lowest BCUT2D eigenvalue weighted by Crippen LogP contribution is -2.25. The van der Waals surface area contributed by atoms with Crippen molar-refractivity contribution in [2.75, 3.05) is 17.2 Å². The molecular weight excluding hydrogens is 261 g/mol. The highest BCUT2D eigenvalue weighted by molar-refractivity contribution is 7.99. The molecule has 3 nitrogen and oxygen atoms in total. The van der Waals surface area contributed by atoms with Crippen molar-refractivity contribution in [2.24, 2.45) is 7.05 Å². The van der Waals surface area contributed by atoms with Crippen molar-refractivity contribution in [3.8, 4) is 0 Å². The number of rotatable bonds is 2. The molecule has 19 heavy (non-hydrogen) atoms. The minimum atomic E-state index is -0.175. The van der Waals surface area contributed by atoms with E-state index in [2.05, 4.69) is 9.88 Å². The normalized spacial score (nSPS) is 15.2. The zero-order chi connectivity index (χ0) is 13.2. The first kappa shape index (κ1) is 12.5. The number of fused-ring (bicyclic) bond motifs is 1. The maximum Gasteiger partial charge on any atom is 0.127 e. The number of benzene rings is 1. The summed E-state index contributed by atoms with van der Waals surface area (Å²) in [5.41, 5.74) is 0.991. The average molecular weight is 277 g/mol. The molecular formula is C14H16FN3S. The number of aromatic nitrogens is 2. The standard InChI is InChI=1S/C14H16FN3S/c1-17-7-5-16-14(17)10-18-6-2-8-19-13-4-3-11(15)9-12(13)18/h3-5,7,9H,2,6,8,10H2,1H3. The first-order chi connectivity index (χ1) is 9.24. The van der Waals surface area contributed by atoms with E-state index in [9.17, 15) is 4.39 Å².